The zero-order valence-corrected chi connectivity index (χ0v) is 10.6. The Morgan fingerprint density at radius 2 is 2.20 bits per heavy atom. The van der Waals surface area contributed by atoms with E-state index in [2.05, 4.69) is 31.0 Å². The molecule has 3 unspecified atom stereocenters. The molecule has 0 saturated carbocycles. The topological polar surface area (TPSA) is 15.3 Å². The third kappa shape index (κ3) is 2.36. The fourth-order valence-electron chi connectivity index (χ4n) is 3.41. The Morgan fingerprint density at radius 1 is 1.40 bits per heavy atom. The maximum absolute atomic E-state index is 3.74. The van der Waals surface area contributed by atoms with E-state index in [0.717, 1.165) is 12.0 Å². The van der Waals surface area contributed by atoms with Crippen molar-refractivity contribution in [1.29, 1.82) is 0 Å². The lowest BCUT2D eigenvalue weighted by atomic mass is 9.93. The zero-order valence-electron chi connectivity index (χ0n) is 10.6. The summed E-state index contributed by atoms with van der Waals surface area (Å²) in [4.78, 5) is 2.70. The second-order valence-corrected chi connectivity index (χ2v) is 5.78. The van der Waals surface area contributed by atoms with Crippen LogP contribution in [-0.2, 0) is 0 Å². The van der Waals surface area contributed by atoms with Crippen LogP contribution in [0.3, 0.4) is 0 Å². The molecule has 0 radical (unpaired) electrons. The van der Waals surface area contributed by atoms with E-state index in [4.69, 9.17) is 0 Å². The highest BCUT2D eigenvalue weighted by Gasteiger charge is 2.37. The largest absolute Gasteiger partial charge is 0.310 e. The summed E-state index contributed by atoms with van der Waals surface area (Å²) in [5.74, 6) is 0.898. The first-order chi connectivity index (χ1) is 7.15. The molecule has 0 aromatic carbocycles. The lowest BCUT2D eigenvalue weighted by Crippen LogP contribution is -2.50. The number of nitrogens with one attached hydrogen (secondary N) is 1. The lowest BCUT2D eigenvalue weighted by molar-refractivity contribution is 0.180. The number of nitrogens with zero attached hydrogens (tertiary/aromatic N) is 1. The van der Waals surface area contributed by atoms with Gasteiger partial charge < -0.3 is 5.32 Å². The first kappa shape index (κ1) is 11.4. The Hall–Kier alpha value is -0.0800. The van der Waals surface area contributed by atoms with Gasteiger partial charge in [-0.1, -0.05) is 13.8 Å². The van der Waals surface area contributed by atoms with Crippen molar-refractivity contribution in [3.05, 3.63) is 0 Å². The van der Waals surface area contributed by atoms with Crippen LogP contribution < -0.4 is 5.32 Å². The molecule has 0 aliphatic carbocycles. The molecule has 0 bridgehead atoms. The minimum atomic E-state index is 0.443. The summed E-state index contributed by atoms with van der Waals surface area (Å²) in [5, 5.41) is 3.74. The minimum absolute atomic E-state index is 0.443. The molecular formula is C13H26N2. The molecule has 3 atom stereocenters. The highest BCUT2D eigenvalue weighted by molar-refractivity contribution is 4.96. The van der Waals surface area contributed by atoms with E-state index in [9.17, 15) is 0 Å². The van der Waals surface area contributed by atoms with Gasteiger partial charge in [-0.2, -0.15) is 0 Å². The zero-order chi connectivity index (χ0) is 10.9. The molecule has 0 aromatic rings. The van der Waals surface area contributed by atoms with Crippen molar-refractivity contribution in [2.24, 2.45) is 5.92 Å². The molecule has 0 spiro atoms. The summed E-state index contributed by atoms with van der Waals surface area (Å²) in [6.07, 6.45) is 5.41. The first-order valence-corrected chi connectivity index (χ1v) is 6.64. The average molecular weight is 210 g/mol. The lowest BCUT2D eigenvalue weighted by Gasteiger charge is -2.35. The van der Waals surface area contributed by atoms with Gasteiger partial charge in [-0.3, -0.25) is 4.90 Å². The molecule has 2 fully saturated rings. The van der Waals surface area contributed by atoms with Gasteiger partial charge in [-0.05, 0) is 45.1 Å². The number of likely N-dealkylation sites (tertiary alicyclic amines) is 1. The molecule has 2 rings (SSSR count). The fourth-order valence-corrected chi connectivity index (χ4v) is 3.41. The van der Waals surface area contributed by atoms with E-state index in [0.29, 0.717) is 5.54 Å². The van der Waals surface area contributed by atoms with E-state index < -0.39 is 0 Å². The second-order valence-electron chi connectivity index (χ2n) is 5.78. The molecule has 2 aliphatic rings. The van der Waals surface area contributed by atoms with Crippen LogP contribution >= 0.6 is 0 Å². The quantitative estimate of drug-likeness (QED) is 0.768. The van der Waals surface area contributed by atoms with Gasteiger partial charge in [0.15, 0.2) is 0 Å². The van der Waals surface area contributed by atoms with Gasteiger partial charge in [-0.25, -0.2) is 0 Å². The van der Waals surface area contributed by atoms with Gasteiger partial charge >= 0.3 is 0 Å². The van der Waals surface area contributed by atoms with Crippen LogP contribution in [0.2, 0.25) is 0 Å². The predicted octanol–water partition coefficient (Wildman–Crippen LogP) is 2.25. The monoisotopic (exact) mass is 210 g/mol. The third-order valence-electron chi connectivity index (χ3n) is 4.43. The van der Waals surface area contributed by atoms with Crippen molar-refractivity contribution < 1.29 is 0 Å². The van der Waals surface area contributed by atoms with E-state index in [1.807, 2.05) is 0 Å². The van der Waals surface area contributed by atoms with Crippen molar-refractivity contribution in [3.8, 4) is 0 Å². The summed E-state index contributed by atoms with van der Waals surface area (Å²) >= 11 is 0. The molecule has 2 nitrogen and oxygen atoms in total. The van der Waals surface area contributed by atoms with Gasteiger partial charge in [0, 0.05) is 24.7 Å². The van der Waals surface area contributed by atoms with Crippen molar-refractivity contribution in [2.45, 2.75) is 58.0 Å². The molecule has 2 heterocycles. The van der Waals surface area contributed by atoms with Crippen molar-refractivity contribution in [2.75, 3.05) is 19.6 Å². The van der Waals surface area contributed by atoms with Gasteiger partial charge in [0.05, 0.1) is 0 Å². The molecule has 0 amide bonds. The van der Waals surface area contributed by atoms with Gasteiger partial charge in [0.1, 0.15) is 0 Å². The number of rotatable bonds is 3. The Labute approximate surface area is 94.4 Å². The molecular weight excluding hydrogens is 184 g/mol. The van der Waals surface area contributed by atoms with E-state index in [1.165, 1.54) is 45.3 Å². The SMILES string of the molecule is CCC1(CN2CC(C)CC2C)CCCN1. The van der Waals surface area contributed by atoms with Crippen LogP contribution in [0.4, 0.5) is 0 Å². The Kier molecular flexibility index (Phi) is 3.36. The van der Waals surface area contributed by atoms with Crippen molar-refractivity contribution >= 4 is 0 Å². The van der Waals surface area contributed by atoms with Crippen LogP contribution in [0.15, 0.2) is 0 Å². The van der Waals surface area contributed by atoms with Crippen LogP contribution in [-0.4, -0.2) is 36.1 Å². The summed E-state index contributed by atoms with van der Waals surface area (Å²) in [5.41, 5.74) is 0.443. The highest BCUT2D eigenvalue weighted by atomic mass is 15.2. The number of hydrogen-bond donors (Lipinski definition) is 1. The Balaban J connectivity index is 1.95. The molecule has 2 aliphatic heterocycles. The predicted molar refractivity (Wildman–Crippen MR) is 65.1 cm³/mol. The van der Waals surface area contributed by atoms with Gasteiger partial charge in [0.25, 0.3) is 0 Å². The summed E-state index contributed by atoms with van der Waals surface area (Å²) < 4.78 is 0. The molecule has 1 N–H and O–H groups in total. The van der Waals surface area contributed by atoms with Crippen LogP contribution in [0.25, 0.3) is 0 Å². The molecule has 0 aromatic heterocycles. The van der Waals surface area contributed by atoms with Crippen LogP contribution in [0.1, 0.15) is 46.5 Å². The first-order valence-electron chi connectivity index (χ1n) is 6.64. The van der Waals surface area contributed by atoms with Gasteiger partial charge in [0.2, 0.25) is 0 Å². The Bertz CT molecular complexity index is 209. The van der Waals surface area contributed by atoms with E-state index in [1.54, 1.807) is 0 Å². The van der Waals surface area contributed by atoms with Crippen molar-refractivity contribution in [1.82, 2.24) is 10.2 Å². The second kappa shape index (κ2) is 4.42. The molecule has 2 heteroatoms. The summed E-state index contributed by atoms with van der Waals surface area (Å²) in [6.45, 7) is 10.9. The van der Waals surface area contributed by atoms with Crippen LogP contribution in [0.5, 0.6) is 0 Å². The number of hydrogen-bond acceptors (Lipinski definition) is 2. The summed E-state index contributed by atoms with van der Waals surface area (Å²) in [7, 11) is 0. The molecule has 2 saturated heterocycles. The third-order valence-corrected chi connectivity index (χ3v) is 4.43. The maximum atomic E-state index is 3.74. The Morgan fingerprint density at radius 3 is 2.67 bits per heavy atom. The molecule has 15 heavy (non-hydrogen) atoms. The highest BCUT2D eigenvalue weighted by Crippen LogP contribution is 2.29. The van der Waals surface area contributed by atoms with Crippen molar-refractivity contribution in [3.63, 3.8) is 0 Å². The average Bonchev–Trinajstić information content (AvgIpc) is 2.76. The maximum Gasteiger partial charge on any atom is 0.0306 e. The van der Waals surface area contributed by atoms with E-state index in [-0.39, 0.29) is 0 Å². The normalized spacial score (nSPS) is 42.6. The van der Waals surface area contributed by atoms with Gasteiger partial charge in [-0.15, -0.1) is 0 Å². The minimum Gasteiger partial charge on any atom is -0.310 e. The standard InChI is InChI=1S/C13H26N2/c1-4-13(6-5-7-14-13)10-15-9-11(2)8-12(15)3/h11-12,14H,4-10H2,1-3H3. The summed E-state index contributed by atoms with van der Waals surface area (Å²) in [6, 6.07) is 0.797. The smallest absolute Gasteiger partial charge is 0.0306 e. The van der Waals surface area contributed by atoms with Crippen LogP contribution in [0, 0.1) is 5.92 Å². The van der Waals surface area contributed by atoms with E-state index >= 15 is 0 Å². The molecule has 88 valence electrons. The fraction of sp³-hybridized carbons (Fsp3) is 1.00.